The van der Waals surface area contributed by atoms with E-state index in [9.17, 15) is 4.39 Å². The second-order valence-corrected chi connectivity index (χ2v) is 8.98. The summed E-state index contributed by atoms with van der Waals surface area (Å²) in [5.74, 6) is -0.303. The van der Waals surface area contributed by atoms with Crippen LogP contribution in [0.5, 0.6) is 0 Å². The first-order valence-corrected chi connectivity index (χ1v) is 11.4. The Bertz CT molecular complexity index is 993. The van der Waals surface area contributed by atoms with Crippen LogP contribution in [0.15, 0.2) is 43.0 Å². The first-order chi connectivity index (χ1) is 15.3. The van der Waals surface area contributed by atoms with E-state index in [0.29, 0.717) is 11.3 Å². The van der Waals surface area contributed by atoms with E-state index in [1.807, 2.05) is 6.08 Å². The van der Waals surface area contributed by atoms with Crippen LogP contribution < -0.4 is 5.73 Å². The number of anilines is 1. The first-order valence-electron chi connectivity index (χ1n) is 11.4. The van der Waals surface area contributed by atoms with E-state index in [1.54, 1.807) is 12.1 Å². The molecule has 0 bridgehead atoms. The molecule has 2 aromatic rings. The summed E-state index contributed by atoms with van der Waals surface area (Å²) >= 11 is 0. The van der Waals surface area contributed by atoms with E-state index < -0.39 is 0 Å². The minimum Gasteiger partial charge on any atom is -0.398 e. The quantitative estimate of drug-likeness (QED) is 0.322. The molecule has 0 atom stereocenters. The van der Waals surface area contributed by atoms with E-state index >= 15 is 0 Å². The Balaban J connectivity index is 1.64. The third kappa shape index (κ3) is 5.99. The molecule has 1 aromatic heterocycles. The number of aromatic amines is 1. The molecule has 0 unspecified atom stereocenters. The molecular formula is C27H37FN4. The van der Waals surface area contributed by atoms with E-state index in [4.69, 9.17) is 5.73 Å². The van der Waals surface area contributed by atoms with Crippen molar-refractivity contribution in [3.8, 4) is 0 Å². The molecule has 5 heteroatoms. The summed E-state index contributed by atoms with van der Waals surface area (Å²) in [4.78, 5) is 8.56. The van der Waals surface area contributed by atoms with Gasteiger partial charge in [-0.25, -0.2) is 4.39 Å². The molecule has 4 nitrogen and oxygen atoms in total. The van der Waals surface area contributed by atoms with Crippen molar-refractivity contribution >= 4 is 17.3 Å². The lowest BCUT2D eigenvalue weighted by atomic mass is 10.00. The van der Waals surface area contributed by atoms with Gasteiger partial charge in [-0.05, 0) is 81.1 Å². The van der Waals surface area contributed by atoms with Crippen LogP contribution in [-0.4, -0.2) is 54.1 Å². The molecule has 1 aliphatic heterocycles. The molecule has 0 amide bonds. The highest BCUT2D eigenvalue weighted by Gasteiger charge is 2.17. The van der Waals surface area contributed by atoms with E-state index in [-0.39, 0.29) is 5.82 Å². The predicted octanol–water partition coefficient (Wildman–Crippen LogP) is 5.21. The molecule has 1 saturated heterocycles. The Labute approximate surface area is 192 Å². The number of hydrogen-bond acceptors (Lipinski definition) is 3. The zero-order valence-corrected chi connectivity index (χ0v) is 19.8. The molecule has 1 aliphatic rings. The summed E-state index contributed by atoms with van der Waals surface area (Å²) in [6, 6.07) is 4.44. The number of hydrogen-bond donors (Lipinski definition) is 2. The number of nitrogen functional groups attached to an aromatic ring is 1. The predicted molar refractivity (Wildman–Crippen MR) is 135 cm³/mol. The highest BCUT2D eigenvalue weighted by molar-refractivity contribution is 5.91. The van der Waals surface area contributed by atoms with Crippen LogP contribution in [0, 0.1) is 19.7 Å². The van der Waals surface area contributed by atoms with Gasteiger partial charge in [0.05, 0.1) is 0 Å². The lowest BCUT2D eigenvalue weighted by molar-refractivity contribution is 0.139. The molecule has 32 heavy (non-hydrogen) atoms. The van der Waals surface area contributed by atoms with Gasteiger partial charge in [-0.2, -0.15) is 0 Å². The lowest BCUT2D eigenvalue weighted by Crippen LogP contribution is -2.46. The van der Waals surface area contributed by atoms with Crippen LogP contribution in [0.2, 0.25) is 0 Å². The maximum absolute atomic E-state index is 13.8. The Kier molecular flexibility index (Phi) is 8.10. The van der Waals surface area contributed by atoms with E-state index in [0.717, 1.165) is 63.4 Å². The maximum atomic E-state index is 13.8. The number of nitrogens with one attached hydrogen (secondary N) is 1. The summed E-state index contributed by atoms with van der Waals surface area (Å²) < 4.78 is 13.8. The standard InChI is InChI=1S/C27H37FN4/c1-6-22(25-17-23(28)9-10-26(25)29)16-27-20(4)24(21(5)30-27)8-7-11-31-12-14-32(15-13-31)18-19(2)3/h6,9-10,16-17,30H,1-2,7-8,11-15,18,29H2,3-5H3/b22-16+. The molecule has 1 aromatic carbocycles. The molecule has 2 heterocycles. The van der Waals surface area contributed by atoms with Crippen molar-refractivity contribution in [2.75, 3.05) is 45.0 Å². The molecule has 0 saturated carbocycles. The van der Waals surface area contributed by atoms with Gasteiger partial charge in [0.2, 0.25) is 0 Å². The van der Waals surface area contributed by atoms with Crippen LogP contribution in [0.1, 0.15) is 41.4 Å². The summed E-state index contributed by atoms with van der Waals surface area (Å²) in [5, 5.41) is 0. The largest absolute Gasteiger partial charge is 0.398 e. The Morgan fingerprint density at radius 2 is 1.88 bits per heavy atom. The molecule has 172 valence electrons. The van der Waals surface area contributed by atoms with Crippen molar-refractivity contribution < 1.29 is 4.39 Å². The van der Waals surface area contributed by atoms with Crippen LogP contribution in [-0.2, 0) is 6.42 Å². The van der Waals surface area contributed by atoms with Crippen molar-refractivity contribution in [3.63, 3.8) is 0 Å². The molecule has 0 spiro atoms. The number of nitrogens with two attached hydrogens (primary N) is 1. The van der Waals surface area contributed by atoms with Gasteiger partial charge in [0.15, 0.2) is 0 Å². The highest BCUT2D eigenvalue weighted by atomic mass is 19.1. The zero-order chi connectivity index (χ0) is 23.3. The highest BCUT2D eigenvalue weighted by Crippen LogP contribution is 2.28. The molecule has 3 rings (SSSR count). The van der Waals surface area contributed by atoms with Crippen molar-refractivity contribution in [1.82, 2.24) is 14.8 Å². The number of aromatic nitrogens is 1. The Morgan fingerprint density at radius 1 is 1.19 bits per heavy atom. The summed E-state index contributed by atoms with van der Waals surface area (Å²) in [6.45, 7) is 20.9. The Hall–Kier alpha value is -2.63. The fourth-order valence-electron chi connectivity index (χ4n) is 4.55. The Morgan fingerprint density at radius 3 is 2.53 bits per heavy atom. The fourth-order valence-corrected chi connectivity index (χ4v) is 4.55. The number of nitrogens with zero attached hydrogens (tertiary/aromatic N) is 2. The SMILES string of the molecule is C=C/C(=C\c1[nH]c(C)c(CCCN2CCN(CC(=C)C)CC2)c1C)c1cc(F)ccc1N. The van der Waals surface area contributed by atoms with Gasteiger partial charge in [0.25, 0.3) is 0 Å². The molecule has 0 aliphatic carbocycles. The topological polar surface area (TPSA) is 48.3 Å². The minimum atomic E-state index is -0.303. The lowest BCUT2D eigenvalue weighted by Gasteiger charge is -2.34. The normalized spacial score (nSPS) is 15.8. The minimum absolute atomic E-state index is 0.303. The molecule has 3 N–H and O–H groups in total. The average Bonchev–Trinajstić information content (AvgIpc) is 3.02. The number of benzene rings is 1. The number of aryl methyl sites for hydroxylation is 1. The third-order valence-corrected chi connectivity index (χ3v) is 6.34. The molecular weight excluding hydrogens is 399 g/mol. The number of halogens is 1. The van der Waals surface area contributed by atoms with Gasteiger partial charge in [-0.3, -0.25) is 4.90 Å². The van der Waals surface area contributed by atoms with Gasteiger partial charge in [-0.1, -0.05) is 24.8 Å². The summed E-state index contributed by atoms with van der Waals surface area (Å²) in [5.41, 5.74) is 14.2. The van der Waals surface area contributed by atoms with E-state index in [2.05, 4.69) is 48.7 Å². The van der Waals surface area contributed by atoms with Crippen molar-refractivity contribution in [1.29, 1.82) is 0 Å². The molecule has 1 fully saturated rings. The van der Waals surface area contributed by atoms with E-state index in [1.165, 1.54) is 34.5 Å². The first kappa shape index (κ1) is 24.0. The fraction of sp³-hybridized carbons (Fsp3) is 0.407. The van der Waals surface area contributed by atoms with Crippen LogP contribution in [0.4, 0.5) is 10.1 Å². The molecule has 0 radical (unpaired) electrons. The third-order valence-electron chi connectivity index (χ3n) is 6.34. The van der Waals surface area contributed by atoms with Crippen molar-refractivity contribution in [2.45, 2.75) is 33.6 Å². The number of rotatable bonds is 9. The number of piperazine rings is 1. The van der Waals surface area contributed by atoms with Crippen molar-refractivity contribution in [3.05, 3.63) is 76.9 Å². The van der Waals surface area contributed by atoms with Crippen LogP contribution >= 0.6 is 0 Å². The van der Waals surface area contributed by atoms with Gasteiger partial charge < -0.3 is 15.6 Å². The monoisotopic (exact) mass is 436 g/mol. The number of allylic oxidation sites excluding steroid dienone is 2. The summed E-state index contributed by atoms with van der Waals surface area (Å²) in [6.07, 6.45) is 5.92. The van der Waals surface area contributed by atoms with Gasteiger partial charge in [-0.15, -0.1) is 0 Å². The summed E-state index contributed by atoms with van der Waals surface area (Å²) in [7, 11) is 0. The van der Waals surface area contributed by atoms with Gasteiger partial charge >= 0.3 is 0 Å². The second-order valence-electron chi connectivity index (χ2n) is 8.98. The van der Waals surface area contributed by atoms with Crippen LogP contribution in [0.3, 0.4) is 0 Å². The van der Waals surface area contributed by atoms with Gasteiger partial charge in [0, 0.05) is 55.4 Å². The average molecular weight is 437 g/mol. The van der Waals surface area contributed by atoms with Crippen LogP contribution in [0.25, 0.3) is 11.6 Å². The second kappa shape index (κ2) is 10.8. The van der Waals surface area contributed by atoms with Gasteiger partial charge in [0.1, 0.15) is 5.82 Å². The zero-order valence-electron chi connectivity index (χ0n) is 19.8. The smallest absolute Gasteiger partial charge is 0.123 e. The van der Waals surface area contributed by atoms with Crippen molar-refractivity contribution in [2.24, 2.45) is 0 Å². The maximum Gasteiger partial charge on any atom is 0.123 e. The number of H-pyrrole nitrogens is 1.